The molecule has 1 saturated heterocycles. The summed E-state index contributed by atoms with van der Waals surface area (Å²) >= 11 is 0. The van der Waals surface area contributed by atoms with Crippen molar-refractivity contribution in [2.45, 2.75) is 51.2 Å². The molecular formula is C19H26N2O5. The predicted octanol–water partition coefficient (Wildman–Crippen LogP) is 3.39. The normalized spacial score (nSPS) is 18.9. The van der Waals surface area contributed by atoms with Gasteiger partial charge < -0.3 is 14.4 Å². The number of ketones is 1. The second kappa shape index (κ2) is 6.79. The van der Waals surface area contributed by atoms with Crippen LogP contribution in [0.2, 0.25) is 0 Å². The predicted molar refractivity (Wildman–Crippen MR) is 96.4 cm³/mol. The Bertz CT molecular complexity index is 702. The summed E-state index contributed by atoms with van der Waals surface area (Å²) in [6.07, 6.45) is 1.22. The molecule has 0 radical (unpaired) electrons. The average molecular weight is 362 g/mol. The van der Waals surface area contributed by atoms with Crippen LogP contribution in [0.15, 0.2) is 18.2 Å². The number of hydrogen-bond acceptors (Lipinski definition) is 6. The van der Waals surface area contributed by atoms with Gasteiger partial charge >= 0.3 is 6.09 Å². The summed E-state index contributed by atoms with van der Waals surface area (Å²) < 4.78 is 11.7. The van der Waals surface area contributed by atoms with E-state index in [-0.39, 0.29) is 11.9 Å². The van der Waals surface area contributed by atoms with Crippen molar-refractivity contribution in [2.75, 3.05) is 25.7 Å². The Balaban J connectivity index is 1.68. The molecule has 7 nitrogen and oxygen atoms in total. The van der Waals surface area contributed by atoms with Crippen LogP contribution in [-0.4, -0.2) is 48.2 Å². The quantitative estimate of drug-likeness (QED) is 0.813. The van der Waals surface area contributed by atoms with Crippen LogP contribution in [0.5, 0.6) is 5.75 Å². The van der Waals surface area contributed by atoms with Crippen molar-refractivity contribution in [1.29, 1.82) is 0 Å². The molecule has 142 valence electrons. The Morgan fingerprint density at radius 1 is 1.27 bits per heavy atom. The molecule has 1 spiro atoms. The van der Waals surface area contributed by atoms with E-state index in [2.05, 4.69) is 5.48 Å². The summed E-state index contributed by atoms with van der Waals surface area (Å²) in [5, 5.41) is 0. The highest BCUT2D eigenvalue weighted by Gasteiger charge is 2.44. The van der Waals surface area contributed by atoms with Crippen LogP contribution in [0.25, 0.3) is 0 Å². The maximum atomic E-state index is 12.7. The first-order chi connectivity index (χ1) is 12.2. The van der Waals surface area contributed by atoms with E-state index in [1.165, 1.54) is 7.11 Å². The largest absolute Gasteiger partial charge is 0.486 e. The Morgan fingerprint density at radius 2 is 1.96 bits per heavy atom. The number of carbonyl (C=O) groups is 2. The maximum Gasteiger partial charge on any atom is 0.410 e. The second-order valence-electron chi connectivity index (χ2n) is 7.87. The Hall–Kier alpha value is -2.28. The Labute approximate surface area is 153 Å². The summed E-state index contributed by atoms with van der Waals surface area (Å²) in [5.41, 5.74) is 2.93. The Kier molecular flexibility index (Phi) is 4.84. The van der Waals surface area contributed by atoms with E-state index in [1.807, 2.05) is 26.8 Å². The van der Waals surface area contributed by atoms with Crippen LogP contribution in [0.1, 0.15) is 50.4 Å². The van der Waals surface area contributed by atoms with E-state index in [1.54, 1.807) is 17.0 Å². The lowest BCUT2D eigenvalue weighted by Crippen LogP contribution is -2.52. The third-order valence-electron chi connectivity index (χ3n) is 4.64. The highest BCUT2D eigenvalue weighted by molar-refractivity contribution is 6.01. The van der Waals surface area contributed by atoms with E-state index in [4.69, 9.17) is 14.3 Å². The van der Waals surface area contributed by atoms with Gasteiger partial charge in [-0.1, -0.05) is 0 Å². The Morgan fingerprint density at radius 3 is 2.58 bits per heavy atom. The third-order valence-corrected chi connectivity index (χ3v) is 4.64. The number of benzene rings is 1. The number of ether oxygens (including phenoxy) is 2. The number of nitrogens with zero attached hydrogens (tertiary/aromatic N) is 1. The molecule has 0 unspecified atom stereocenters. The smallest absolute Gasteiger partial charge is 0.410 e. The summed E-state index contributed by atoms with van der Waals surface area (Å²) in [7, 11) is 1.52. The number of Topliss-reactive ketones (excluding diaryl/α,β-unsaturated/α-hetero) is 1. The van der Waals surface area contributed by atoms with Crippen molar-refractivity contribution in [3.63, 3.8) is 0 Å². The molecule has 1 amide bonds. The van der Waals surface area contributed by atoms with E-state index < -0.39 is 11.2 Å². The van der Waals surface area contributed by atoms with E-state index in [0.717, 1.165) is 0 Å². The summed E-state index contributed by atoms with van der Waals surface area (Å²) in [6.45, 7) is 6.58. The molecule has 0 aromatic heterocycles. The van der Waals surface area contributed by atoms with Gasteiger partial charge in [-0.15, -0.1) is 0 Å². The molecule has 26 heavy (non-hydrogen) atoms. The van der Waals surface area contributed by atoms with Gasteiger partial charge in [0.2, 0.25) is 0 Å². The van der Waals surface area contributed by atoms with Gasteiger partial charge in [-0.05, 0) is 39.0 Å². The molecule has 0 aliphatic carbocycles. The molecule has 0 bridgehead atoms. The highest BCUT2D eigenvalue weighted by Crippen LogP contribution is 2.40. The number of anilines is 1. The number of hydrogen-bond donors (Lipinski definition) is 1. The van der Waals surface area contributed by atoms with Gasteiger partial charge in [0.1, 0.15) is 17.0 Å². The van der Waals surface area contributed by atoms with E-state index in [0.29, 0.717) is 49.4 Å². The van der Waals surface area contributed by atoms with E-state index >= 15 is 0 Å². The lowest BCUT2D eigenvalue weighted by Gasteiger charge is -2.44. The number of rotatable bonds is 2. The fourth-order valence-corrected chi connectivity index (χ4v) is 3.38. The van der Waals surface area contributed by atoms with Gasteiger partial charge in [-0.3, -0.25) is 15.1 Å². The fraction of sp³-hybridized carbons (Fsp3) is 0.579. The first-order valence-electron chi connectivity index (χ1n) is 8.85. The minimum absolute atomic E-state index is 0.0525. The zero-order valence-electron chi connectivity index (χ0n) is 15.8. The number of amides is 1. The van der Waals surface area contributed by atoms with Crippen molar-refractivity contribution in [1.82, 2.24) is 4.90 Å². The molecule has 1 aromatic rings. The molecule has 7 heteroatoms. The van der Waals surface area contributed by atoms with Crippen LogP contribution in [-0.2, 0) is 9.57 Å². The third kappa shape index (κ3) is 3.93. The zero-order valence-corrected chi connectivity index (χ0v) is 15.8. The lowest BCUT2D eigenvalue weighted by atomic mass is 9.82. The van der Waals surface area contributed by atoms with Gasteiger partial charge in [0.25, 0.3) is 0 Å². The molecule has 2 aliphatic heterocycles. The van der Waals surface area contributed by atoms with Crippen molar-refractivity contribution >= 4 is 17.6 Å². The minimum Gasteiger partial charge on any atom is -0.486 e. The maximum absolute atomic E-state index is 12.7. The van der Waals surface area contributed by atoms with Crippen molar-refractivity contribution in [3.8, 4) is 5.75 Å². The number of carbonyl (C=O) groups excluding carboxylic acids is 2. The molecule has 2 aliphatic rings. The first-order valence-corrected chi connectivity index (χ1v) is 8.85. The summed E-state index contributed by atoms with van der Waals surface area (Å²) in [5.74, 6) is 0.644. The summed E-state index contributed by atoms with van der Waals surface area (Å²) in [4.78, 5) is 31.5. The monoisotopic (exact) mass is 362 g/mol. The van der Waals surface area contributed by atoms with Gasteiger partial charge in [-0.25, -0.2) is 4.79 Å². The van der Waals surface area contributed by atoms with Gasteiger partial charge in [-0.2, -0.15) is 0 Å². The highest BCUT2D eigenvalue weighted by atomic mass is 16.6. The minimum atomic E-state index is -0.543. The summed E-state index contributed by atoms with van der Waals surface area (Å²) in [6, 6.07) is 5.34. The van der Waals surface area contributed by atoms with Crippen LogP contribution in [0, 0.1) is 0 Å². The van der Waals surface area contributed by atoms with Crippen molar-refractivity contribution in [3.05, 3.63) is 23.8 Å². The molecule has 1 fully saturated rings. The van der Waals surface area contributed by atoms with Crippen molar-refractivity contribution in [2.24, 2.45) is 0 Å². The average Bonchev–Trinajstić information content (AvgIpc) is 2.55. The van der Waals surface area contributed by atoms with Crippen LogP contribution in [0.3, 0.4) is 0 Å². The molecule has 2 heterocycles. The van der Waals surface area contributed by atoms with E-state index in [9.17, 15) is 9.59 Å². The van der Waals surface area contributed by atoms with Crippen LogP contribution < -0.4 is 10.2 Å². The zero-order chi connectivity index (χ0) is 18.9. The number of piperidine rings is 1. The standard InChI is InChI=1S/C19H26N2O5/c1-18(2,3)26-17(23)21-9-7-19(8-10-21)12-15(22)14-11-13(20-24-4)5-6-16(14)25-19/h5-6,11,20H,7-10,12H2,1-4H3. The van der Waals surface area contributed by atoms with Gasteiger partial charge in [0, 0.05) is 25.9 Å². The molecule has 0 atom stereocenters. The molecule has 1 aromatic carbocycles. The van der Waals surface area contributed by atoms with Crippen LogP contribution in [0.4, 0.5) is 10.5 Å². The number of likely N-dealkylation sites (tertiary alicyclic amines) is 1. The number of nitrogens with one attached hydrogen (secondary N) is 1. The number of fused-ring (bicyclic) bond motifs is 1. The van der Waals surface area contributed by atoms with Gasteiger partial charge in [0.05, 0.1) is 24.8 Å². The second-order valence-corrected chi connectivity index (χ2v) is 7.87. The fourth-order valence-electron chi connectivity index (χ4n) is 3.38. The topological polar surface area (TPSA) is 77.1 Å². The first kappa shape index (κ1) is 18.5. The molecule has 0 saturated carbocycles. The molecular weight excluding hydrogens is 336 g/mol. The SMILES string of the molecule is CONc1ccc2c(c1)C(=O)CC1(CCN(C(=O)OC(C)(C)C)CC1)O2. The van der Waals surface area contributed by atoms with Crippen LogP contribution >= 0.6 is 0 Å². The van der Waals surface area contributed by atoms with Crippen molar-refractivity contribution < 1.29 is 23.9 Å². The molecule has 3 rings (SSSR count). The molecule has 1 N–H and O–H groups in total. The van der Waals surface area contributed by atoms with Gasteiger partial charge in [0.15, 0.2) is 5.78 Å². The lowest BCUT2D eigenvalue weighted by molar-refractivity contribution is -0.0226.